The number of benzene rings is 1. The second-order valence-corrected chi connectivity index (χ2v) is 5.59. The largest absolute Gasteiger partial charge is 0.488 e. The summed E-state index contributed by atoms with van der Waals surface area (Å²) in [4.78, 5) is 10.9. The summed E-state index contributed by atoms with van der Waals surface area (Å²) in [5.41, 5.74) is 0.573. The smallest absolute Gasteiger partial charge is 0.304 e. The molecule has 1 heterocycles. The summed E-state index contributed by atoms with van der Waals surface area (Å²) < 4.78 is 11.1. The molecule has 4 heteroatoms. The van der Waals surface area contributed by atoms with Crippen LogP contribution in [0.15, 0.2) is 24.3 Å². The first kappa shape index (κ1) is 13.9. The van der Waals surface area contributed by atoms with Crippen molar-refractivity contribution in [1.82, 2.24) is 0 Å². The van der Waals surface area contributed by atoms with Gasteiger partial charge in [-0.2, -0.15) is 0 Å². The van der Waals surface area contributed by atoms with E-state index in [0.717, 1.165) is 24.3 Å². The van der Waals surface area contributed by atoms with E-state index in [4.69, 9.17) is 14.6 Å². The third-order valence-electron chi connectivity index (χ3n) is 3.40. The van der Waals surface area contributed by atoms with Gasteiger partial charge in [0.1, 0.15) is 11.9 Å². The van der Waals surface area contributed by atoms with Gasteiger partial charge in [0.05, 0.1) is 19.6 Å². The Hall–Kier alpha value is -1.55. The van der Waals surface area contributed by atoms with Gasteiger partial charge in [-0.25, -0.2) is 0 Å². The SMILES string of the molecule is CC(C)(CC(=O)O)c1cccc(OC2CCOC2)c1. The number of aliphatic carboxylic acids is 1. The molecule has 0 saturated carbocycles. The fraction of sp³-hybridized carbons (Fsp3) is 0.533. The summed E-state index contributed by atoms with van der Waals surface area (Å²) >= 11 is 0. The minimum absolute atomic E-state index is 0.100. The topological polar surface area (TPSA) is 55.8 Å². The summed E-state index contributed by atoms with van der Waals surface area (Å²) in [6.45, 7) is 5.23. The highest BCUT2D eigenvalue weighted by atomic mass is 16.5. The molecule has 0 aliphatic carbocycles. The number of carbonyl (C=O) groups is 1. The molecule has 1 N–H and O–H groups in total. The quantitative estimate of drug-likeness (QED) is 0.888. The van der Waals surface area contributed by atoms with Crippen molar-refractivity contribution in [1.29, 1.82) is 0 Å². The third kappa shape index (κ3) is 3.70. The van der Waals surface area contributed by atoms with Gasteiger partial charge in [-0.1, -0.05) is 26.0 Å². The first-order valence-electron chi connectivity index (χ1n) is 6.54. The average molecular weight is 264 g/mol. The second-order valence-electron chi connectivity index (χ2n) is 5.59. The molecule has 104 valence electrons. The van der Waals surface area contributed by atoms with E-state index in [1.165, 1.54) is 0 Å². The van der Waals surface area contributed by atoms with Gasteiger partial charge in [-0.05, 0) is 17.7 Å². The maximum absolute atomic E-state index is 10.9. The first-order chi connectivity index (χ1) is 8.97. The molecule has 1 fully saturated rings. The van der Waals surface area contributed by atoms with Crippen LogP contribution in [0.25, 0.3) is 0 Å². The average Bonchev–Trinajstić information content (AvgIpc) is 2.80. The Balaban J connectivity index is 2.11. The van der Waals surface area contributed by atoms with Crippen molar-refractivity contribution in [2.75, 3.05) is 13.2 Å². The van der Waals surface area contributed by atoms with Crippen molar-refractivity contribution in [3.63, 3.8) is 0 Å². The molecule has 0 bridgehead atoms. The monoisotopic (exact) mass is 264 g/mol. The lowest BCUT2D eigenvalue weighted by Gasteiger charge is -2.24. The Morgan fingerprint density at radius 1 is 1.53 bits per heavy atom. The van der Waals surface area contributed by atoms with Crippen molar-refractivity contribution >= 4 is 5.97 Å². The summed E-state index contributed by atoms with van der Waals surface area (Å²) in [7, 11) is 0. The summed E-state index contributed by atoms with van der Waals surface area (Å²) in [5, 5.41) is 8.96. The fourth-order valence-electron chi connectivity index (χ4n) is 2.27. The molecule has 1 unspecified atom stereocenters. The van der Waals surface area contributed by atoms with Crippen LogP contribution in [0, 0.1) is 0 Å². The van der Waals surface area contributed by atoms with Crippen LogP contribution in [0.1, 0.15) is 32.3 Å². The molecule has 1 aliphatic heterocycles. The summed E-state index contributed by atoms with van der Waals surface area (Å²) in [6.07, 6.45) is 1.11. The van der Waals surface area contributed by atoms with Crippen LogP contribution in [-0.2, 0) is 14.9 Å². The van der Waals surface area contributed by atoms with Crippen molar-refractivity contribution in [3.05, 3.63) is 29.8 Å². The highest BCUT2D eigenvalue weighted by Crippen LogP contribution is 2.30. The highest BCUT2D eigenvalue weighted by Gasteiger charge is 2.25. The summed E-state index contributed by atoms with van der Waals surface area (Å²) in [5.74, 6) is -0.00743. The molecule has 1 aliphatic rings. The number of hydrogen-bond donors (Lipinski definition) is 1. The maximum atomic E-state index is 10.9. The molecule has 1 atom stereocenters. The second kappa shape index (κ2) is 5.61. The van der Waals surface area contributed by atoms with Crippen LogP contribution in [0.3, 0.4) is 0 Å². The van der Waals surface area contributed by atoms with Gasteiger partial charge in [0.25, 0.3) is 0 Å². The van der Waals surface area contributed by atoms with Crippen molar-refractivity contribution in [2.45, 2.75) is 38.2 Å². The van der Waals surface area contributed by atoms with Crippen LogP contribution in [0.2, 0.25) is 0 Å². The predicted molar refractivity (Wildman–Crippen MR) is 71.6 cm³/mol. The van der Waals surface area contributed by atoms with E-state index in [9.17, 15) is 4.79 Å². The predicted octanol–water partition coefficient (Wildman–Crippen LogP) is 2.61. The molecule has 4 nitrogen and oxygen atoms in total. The molecular formula is C15H20O4. The zero-order chi connectivity index (χ0) is 13.9. The van der Waals surface area contributed by atoms with E-state index in [1.807, 2.05) is 38.1 Å². The van der Waals surface area contributed by atoms with Gasteiger partial charge < -0.3 is 14.6 Å². The molecule has 0 radical (unpaired) electrons. The van der Waals surface area contributed by atoms with Gasteiger partial charge in [0.15, 0.2) is 0 Å². The van der Waals surface area contributed by atoms with Gasteiger partial charge in [-0.3, -0.25) is 4.79 Å². The Bertz CT molecular complexity index is 447. The number of rotatable bonds is 5. The van der Waals surface area contributed by atoms with Gasteiger partial charge in [-0.15, -0.1) is 0 Å². The van der Waals surface area contributed by atoms with E-state index in [2.05, 4.69) is 0 Å². The third-order valence-corrected chi connectivity index (χ3v) is 3.40. The molecule has 0 aromatic heterocycles. The lowest BCUT2D eigenvalue weighted by atomic mass is 9.81. The zero-order valence-corrected chi connectivity index (χ0v) is 11.4. The standard InChI is InChI=1S/C15H20O4/c1-15(2,9-14(16)17)11-4-3-5-12(8-11)19-13-6-7-18-10-13/h3-5,8,13H,6-7,9-10H2,1-2H3,(H,16,17). The lowest BCUT2D eigenvalue weighted by Crippen LogP contribution is -2.22. The Kier molecular flexibility index (Phi) is 4.10. The van der Waals surface area contributed by atoms with Crippen LogP contribution >= 0.6 is 0 Å². The van der Waals surface area contributed by atoms with Gasteiger partial charge in [0, 0.05) is 11.8 Å². The maximum Gasteiger partial charge on any atom is 0.304 e. The minimum Gasteiger partial charge on any atom is -0.488 e. The van der Waals surface area contributed by atoms with Crippen LogP contribution in [0.5, 0.6) is 5.75 Å². The van der Waals surface area contributed by atoms with Crippen molar-refractivity contribution in [3.8, 4) is 5.75 Å². The molecule has 19 heavy (non-hydrogen) atoms. The number of carboxylic acid groups (broad SMARTS) is 1. The van der Waals surface area contributed by atoms with Crippen molar-refractivity contribution in [2.24, 2.45) is 0 Å². The molecule has 1 aromatic carbocycles. The number of carboxylic acids is 1. The molecule has 2 rings (SSSR count). The minimum atomic E-state index is -0.791. The molecule has 1 saturated heterocycles. The highest BCUT2D eigenvalue weighted by molar-refractivity contribution is 5.69. The Morgan fingerprint density at radius 3 is 2.95 bits per heavy atom. The van der Waals surface area contributed by atoms with E-state index >= 15 is 0 Å². The van der Waals surface area contributed by atoms with E-state index in [0.29, 0.717) is 6.61 Å². The molecule has 0 amide bonds. The van der Waals surface area contributed by atoms with Gasteiger partial charge >= 0.3 is 5.97 Å². The molecule has 0 spiro atoms. The Labute approximate surface area is 113 Å². The number of ether oxygens (including phenoxy) is 2. The van der Waals surface area contributed by atoms with Crippen LogP contribution < -0.4 is 4.74 Å². The van der Waals surface area contributed by atoms with E-state index in [1.54, 1.807) is 0 Å². The fourth-order valence-corrected chi connectivity index (χ4v) is 2.27. The Morgan fingerprint density at radius 2 is 2.32 bits per heavy atom. The number of hydrogen-bond acceptors (Lipinski definition) is 3. The zero-order valence-electron chi connectivity index (χ0n) is 11.4. The molecule has 1 aromatic rings. The van der Waals surface area contributed by atoms with E-state index < -0.39 is 11.4 Å². The van der Waals surface area contributed by atoms with E-state index in [-0.39, 0.29) is 12.5 Å². The summed E-state index contributed by atoms with van der Waals surface area (Å²) in [6, 6.07) is 7.69. The first-order valence-corrected chi connectivity index (χ1v) is 6.54. The lowest BCUT2D eigenvalue weighted by molar-refractivity contribution is -0.138. The van der Waals surface area contributed by atoms with Crippen LogP contribution in [-0.4, -0.2) is 30.4 Å². The normalized spacial score (nSPS) is 19.4. The van der Waals surface area contributed by atoms with Crippen LogP contribution in [0.4, 0.5) is 0 Å². The van der Waals surface area contributed by atoms with Crippen molar-refractivity contribution < 1.29 is 19.4 Å². The van der Waals surface area contributed by atoms with Gasteiger partial charge in [0.2, 0.25) is 0 Å². The molecular weight excluding hydrogens is 244 g/mol.